The van der Waals surface area contributed by atoms with Crippen LogP contribution in [0.1, 0.15) is 41.6 Å². The summed E-state index contributed by atoms with van der Waals surface area (Å²) >= 11 is 5.94. The van der Waals surface area contributed by atoms with Crippen molar-refractivity contribution in [2.75, 3.05) is 5.32 Å². The highest BCUT2D eigenvalue weighted by Crippen LogP contribution is 2.42. The summed E-state index contributed by atoms with van der Waals surface area (Å²) in [7, 11) is 0. The summed E-state index contributed by atoms with van der Waals surface area (Å²) in [4.78, 5) is 26.4. The van der Waals surface area contributed by atoms with Crippen molar-refractivity contribution in [2.24, 2.45) is 0 Å². The van der Waals surface area contributed by atoms with Gasteiger partial charge in [-0.1, -0.05) is 11.6 Å². The Bertz CT molecular complexity index is 1090. The minimum atomic E-state index is -4.06. The highest BCUT2D eigenvalue weighted by Gasteiger charge is 2.52. The predicted molar refractivity (Wildman–Crippen MR) is 109 cm³/mol. The third-order valence-electron chi connectivity index (χ3n) is 6.02. The van der Waals surface area contributed by atoms with Gasteiger partial charge in [0.05, 0.1) is 16.7 Å². The molecule has 0 unspecified atom stereocenters. The third-order valence-corrected chi connectivity index (χ3v) is 6.35. The highest BCUT2D eigenvalue weighted by atomic mass is 35.5. The van der Waals surface area contributed by atoms with E-state index in [-0.39, 0.29) is 18.4 Å². The molecular weight excluding hydrogens is 471 g/mol. The van der Waals surface area contributed by atoms with Crippen LogP contribution in [0.2, 0.25) is 5.02 Å². The average molecular weight is 489 g/mol. The van der Waals surface area contributed by atoms with E-state index in [2.05, 4.69) is 5.32 Å². The van der Waals surface area contributed by atoms with Crippen molar-refractivity contribution in [3.05, 3.63) is 63.9 Å². The number of carbonyl (C=O) groups is 2. The lowest BCUT2D eigenvalue weighted by Crippen LogP contribution is -2.52. The highest BCUT2D eigenvalue weighted by molar-refractivity contribution is 6.32. The van der Waals surface area contributed by atoms with E-state index >= 15 is 8.78 Å². The Morgan fingerprint density at radius 2 is 1.61 bits per heavy atom. The smallest absolute Gasteiger partial charge is 0.351 e. The molecule has 11 heteroatoms. The molecule has 2 heterocycles. The fraction of sp³-hybridized carbons (Fsp3) is 0.364. The van der Waals surface area contributed by atoms with Crippen LogP contribution in [0.25, 0.3) is 0 Å². The molecule has 3 atom stereocenters. The topological polar surface area (TPSA) is 69.6 Å². The van der Waals surface area contributed by atoms with E-state index in [0.717, 1.165) is 23.1 Å². The number of nitrogens with zero attached hydrogens (tertiary/aromatic N) is 1. The van der Waals surface area contributed by atoms with Gasteiger partial charge in [0.2, 0.25) is 0 Å². The van der Waals surface area contributed by atoms with Crippen molar-refractivity contribution in [3.8, 4) is 0 Å². The number of aliphatic hydroxyl groups excluding tert-OH is 1. The van der Waals surface area contributed by atoms with Crippen molar-refractivity contribution in [1.82, 2.24) is 4.90 Å². The summed E-state index contributed by atoms with van der Waals surface area (Å²) in [6.07, 6.45) is 0.769. The van der Waals surface area contributed by atoms with Crippen LogP contribution in [0.3, 0.4) is 0 Å². The van der Waals surface area contributed by atoms with Gasteiger partial charge in [-0.25, -0.2) is 13.2 Å². The number of amides is 2. The molecule has 2 aromatic carbocycles. The molecule has 2 aromatic rings. The van der Waals surface area contributed by atoms with E-state index in [1.54, 1.807) is 0 Å². The van der Waals surface area contributed by atoms with E-state index in [9.17, 15) is 27.9 Å². The Morgan fingerprint density at radius 1 is 1.03 bits per heavy atom. The van der Waals surface area contributed by atoms with Crippen LogP contribution in [-0.4, -0.2) is 40.0 Å². The first kappa shape index (κ1) is 23.4. The first-order chi connectivity index (χ1) is 15.5. The summed E-state index contributed by atoms with van der Waals surface area (Å²) < 4.78 is 70.4. The fourth-order valence-corrected chi connectivity index (χ4v) is 4.73. The van der Waals surface area contributed by atoms with E-state index in [1.165, 1.54) is 0 Å². The van der Waals surface area contributed by atoms with Gasteiger partial charge >= 0.3 is 5.92 Å². The summed E-state index contributed by atoms with van der Waals surface area (Å²) in [5, 5.41) is 11.5. The maximum Gasteiger partial charge on any atom is 0.351 e. The van der Waals surface area contributed by atoms with Gasteiger partial charge in [0.25, 0.3) is 11.8 Å². The Kier molecular flexibility index (Phi) is 6.09. The molecule has 2 N–H and O–H groups in total. The van der Waals surface area contributed by atoms with Crippen LogP contribution in [-0.2, 0) is 10.7 Å². The average Bonchev–Trinajstić information content (AvgIpc) is 3.02. The molecule has 4 rings (SSSR count). The molecule has 176 valence electrons. The molecule has 0 spiro atoms. The first-order valence-electron chi connectivity index (χ1n) is 10.1. The molecule has 0 aliphatic carbocycles. The number of alkyl halides is 2. The first-order valence-corrected chi connectivity index (χ1v) is 10.5. The second-order valence-corrected chi connectivity index (χ2v) is 8.61. The Hall–Kier alpha value is -2.72. The van der Waals surface area contributed by atoms with Crippen LogP contribution < -0.4 is 5.32 Å². The number of piperidine rings is 1. The SMILES string of the molecule is O=C(Nc1cc(F)c(F)c(F)c1)c1ccc(Cl)c(C(F)(F)C(=O)N2[C@@H]3CC[C@H]2C[C@H](O)C3)c1. The minimum absolute atomic E-state index is 0.208. The molecular formula is C22H18ClF5N2O3. The summed E-state index contributed by atoms with van der Waals surface area (Å²) in [5.74, 6) is -11.4. The molecule has 2 aliphatic heterocycles. The molecule has 2 aliphatic rings. The standard InChI is InChI=1S/C22H18ClF5N2O3/c23-16-4-1-10(20(32)29-11-6-17(24)19(26)18(25)7-11)5-15(16)22(27,28)21(33)30-12-2-3-13(30)9-14(31)8-12/h1,4-7,12-14,31H,2-3,8-9H2,(H,29,32)/t12-,13+,14-. The van der Waals surface area contributed by atoms with Crippen LogP contribution in [0.15, 0.2) is 30.3 Å². The molecule has 2 saturated heterocycles. The molecule has 0 radical (unpaired) electrons. The van der Waals surface area contributed by atoms with Crippen LogP contribution >= 0.6 is 11.6 Å². The molecule has 0 saturated carbocycles. The molecule has 33 heavy (non-hydrogen) atoms. The Morgan fingerprint density at radius 3 is 2.18 bits per heavy atom. The number of hydrogen-bond donors (Lipinski definition) is 2. The zero-order valence-corrected chi connectivity index (χ0v) is 17.7. The lowest BCUT2D eigenvalue weighted by molar-refractivity contribution is -0.165. The van der Waals surface area contributed by atoms with Gasteiger partial charge in [-0.2, -0.15) is 8.78 Å². The van der Waals surface area contributed by atoms with Crippen molar-refractivity contribution >= 4 is 29.1 Å². The number of rotatable bonds is 4. The summed E-state index contributed by atoms with van der Waals surface area (Å²) in [6.45, 7) is 0. The van der Waals surface area contributed by atoms with E-state index in [1.807, 2.05) is 0 Å². The second kappa shape index (κ2) is 8.57. The van der Waals surface area contributed by atoms with Gasteiger partial charge in [-0.3, -0.25) is 9.59 Å². The number of carbonyl (C=O) groups excluding carboxylic acids is 2. The maximum absolute atomic E-state index is 15.3. The van der Waals surface area contributed by atoms with Crippen LogP contribution in [0.4, 0.5) is 27.6 Å². The molecule has 2 amide bonds. The van der Waals surface area contributed by atoms with Gasteiger partial charge in [-0.15, -0.1) is 0 Å². The van der Waals surface area contributed by atoms with Gasteiger partial charge in [-0.05, 0) is 43.9 Å². The second-order valence-electron chi connectivity index (χ2n) is 8.20. The lowest BCUT2D eigenvalue weighted by Gasteiger charge is -2.39. The van der Waals surface area contributed by atoms with Crippen molar-refractivity contribution in [1.29, 1.82) is 0 Å². The molecule has 0 aromatic heterocycles. The van der Waals surface area contributed by atoms with Gasteiger partial charge in [0, 0.05) is 35.5 Å². The minimum Gasteiger partial charge on any atom is -0.393 e. The number of hydrogen-bond acceptors (Lipinski definition) is 3. The summed E-state index contributed by atoms with van der Waals surface area (Å²) in [5.41, 5.74) is -1.69. The normalized spacial score (nSPS) is 22.4. The molecule has 2 fully saturated rings. The number of benzene rings is 2. The van der Waals surface area contributed by atoms with Crippen molar-refractivity contribution in [3.63, 3.8) is 0 Å². The van der Waals surface area contributed by atoms with E-state index in [4.69, 9.17) is 11.6 Å². The van der Waals surface area contributed by atoms with Crippen molar-refractivity contribution < 1.29 is 36.6 Å². The van der Waals surface area contributed by atoms with Crippen LogP contribution in [0.5, 0.6) is 0 Å². The van der Waals surface area contributed by atoms with Crippen LogP contribution in [0, 0.1) is 17.5 Å². The molecule has 5 nitrogen and oxygen atoms in total. The lowest BCUT2D eigenvalue weighted by atomic mass is 9.97. The zero-order valence-electron chi connectivity index (χ0n) is 16.9. The Labute approximate surface area is 190 Å². The quantitative estimate of drug-likeness (QED) is 0.487. The zero-order chi connectivity index (χ0) is 24.1. The Balaban J connectivity index is 1.60. The van der Waals surface area contributed by atoms with Crippen molar-refractivity contribution in [2.45, 2.75) is 49.8 Å². The molecule has 2 bridgehead atoms. The number of halogens is 6. The summed E-state index contributed by atoms with van der Waals surface area (Å²) in [6, 6.07) is 2.88. The maximum atomic E-state index is 15.3. The number of aliphatic hydroxyl groups is 1. The van der Waals surface area contributed by atoms with E-state index in [0.29, 0.717) is 25.0 Å². The predicted octanol–water partition coefficient (Wildman–Crippen LogP) is 4.62. The third kappa shape index (κ3) is 4.29. The monoisotopic (exact) mass is 488 g/mol. The van der Waals surface area contributed by atoms with Gasteiger partial charge < -0.3 is 15.3 Å². The van der Waals surface area contributed by atoms with Gasteiger partial charge in [0.15, 0.2) is 17.5 Å². The number of fused-ring (bicyclic) bond motifs is 2. The van der Waals surface area contributed by atoms with Gasteiger partial charge in [0.1, 0.15) is 0 Å². The largest absolute Gasteiger partial charge is 0.393 e. The fourth-order valence-electron chi connectivity index (χ4n) is 4.50. The number of nitrogens with one attached hydrogen (secondary N) is 1. The van der Waals surface area contributed by atoms with E-state index < -0.39 is 69.6 Å². The number of anilines is 1.